The average molecular weight is 271 g/mol. The van der Waals surface area contributed by atoms with E-state index in [4.69, 9.17) is 14.7 Å². The van der Waals surface area contributed by atoms with Crippen molar-refractivity contribution in [3.63, 3.8) is 0 Å². The normalized spacial score (nSPS) is 9.74. The van der Waals surface area contributed by atoms with E-state index in [1.54, 1.807) is 26.4 Å². The van der Waals surface area contributed by atoms with E-state index in [1.165, 1.54) is 11.8 Å². The highest BCUT2D eigenvalue weighted by atomic mass is 32.2. The first-order valence-electron chi connectivity index (χ1n) is 5.67. The molecule has 3 nitrogen and oxygen atoms in total. The molecule has 0 aliphatic heterocycles. The zero-order chi connectivity index (χ0) is 13.7. The first-order chi connectivity index (χ1) is 9.26. The van der Waals surface area contributed by atoms with E-state index < -0.39 is 0 Å². The molecule has 2 aromatic rings. The van der Waals surface area contributed by atoms with Crippen molar-refractivity contribution in [2.75, 3.05) is 14.2 Å². The second-order valence-electron chi connectivity index (χ2n) is 3.75. The molecule has 4 heteroatoms. The Kier molecular flexibility index (Phi) is 4.32. The van der Waals surface area contributed by atoms with Crippen LogP contribution in [0.15, 0.2) is 52.3 Å². The Morgan fingerprint density at radius 3 is 2.42 bits per heavy atom. The Hall–Kier alpha value is -2.12. The van der Waals surface area contributed by atoms with Gasteiger partial charge in [-0.15, -0.1) is 0 Å². The van der Waals surface area contributed by atoms with Crippen LogP contribution in [-0.4, -0.2) is 14.2 Å². The Balaban J connectivity index is 2.33. The molecule has 2 rings (SSSR count). The van der Waals surface area contributed by atoms with E-state index in [1.807, 2.05) is 30.3 Å². The van der Waals surface area contributed by atoms with E-state index in [9.17, 15) is 0 Å². The van der Waals surface area contributed by atoms with Crippen molar-refractivity contribution in [2.45, 2.75) is 9.79 Å². The Labute approximate surface area is 116 Å². The molecule has 2 aromatic carbocycles. The Morgan fingerprint density at radius 2 is 1.74 bits per heavy atom. The first-order valence-corrected chi connectivity index (χ1v) is 6.48. The second kappa shape index (κ2) is 6.17. The minimum atomic E-state index is 0.633. The SMILES string of the molecule is COc1cccc(Sc2cc(OC)ccc2C#N)c1. The van der Waals surface area contributed by atoms with Crippen LogP contribution in [0.25, 0.3) is 0 Å². The average Bonchev–Trinajstić information content (AvgIpc) is 2.47. The van der Waals surface area contributed by atoms with Crippen LogP contribution >= 0.6 is 11.8 Å². The van der Waals surface area contributed by atoms with Crippen LogP contribution in [0.3, 0.4) is 0 Å². The first kappa shape index (κ1) is 13.3. The van der Waals surface area contributed by atoms with Crippen molar-refractivity contribution in [1.82, 2.24) is 0 Å². The number of hydrogen-bond acceptors (Lipinski definition) is 4. The summed E-state index contributed by atoms with van der Waals surface area (Å²) in [6.07, 6.45) is 0. The minimum absolute atomic E-state index is 0.633. The third kappa shape index (κ3) is 3.21. The van der Waals surface area contributed by atoms with Crippen LogP contribution in [0, 0.1) is 11.3 Å². The maximum atomic E-state index is 9.13. The van der Waals surface area contributed by atoms with Gasteiger partial charge in [0.1, 0.15) is 17.6 Å². The molecule has 0 saturated carbocycles. The van der Waals surface area contributed by atoms with Crippen molar-refractivity contribution in [3.05, 3.63) is 48.0 Å². The lowest BCUT2D eigenvalue weighted by Crippen LogP contribution is -1.87. The predicted molar refractivity (Wildman–Crippen MR) is 74.8 cm³/mol. The van der Waals surface area contributed by atoms with Gasteiger partial charge in [0.25, 0.3) is 0 Å². The molecule has 0 fully saturated rings. The van der Waals surface area contributed by atoms with Gasteiger partial charge in [0.15, 0.2) is 0 Å². The summed E-state index contributed by atoms with van der Waals surface area (Å²) in [6.45, 7) is 0. The number of nitrogens with zero attached hydrogens (tertiary/aromatic N) is 1. The van der Waals surface area contributed by atoms with Gasteiger partial charge in [-0.3, -0.25) is 0 Å². The third-order valence-electron chi connectivity index (χ3n) is 2.58. The lowest BCUT2D eigenvalue weighted by Gasteiger charge is -2.07. The smallest absolute Gasteiger partial charge is 0.120 e. The van der Waals surface area contributed by atoms with Crippen LogP contribution in [0.4, 0.5) is 0 Å². The van der Waals surface area contributed by atoms with Crippen LogP contribution in [-0.2, 0) is 0 Å². The van der Waals surface area contributed by atoms with E-state index in [0.717, 1.165) is 21.3 Å². The van der Waals surface area contributed by atoms with Crippen molar-refractivity contribution in [2.24, 2.45) is 0 Å². The predicted octanol–water partition coefficient (Wildman–Crippen LogP) is 3.73. The highest BCUT2D eigenvalue weighted by Crippen LogP contribution is 2.34. The molecule has 0 unspecified atom stereocenters. The van der Waals surface area contributed by atoms with Gasteiger partial charge >= 0.3 is 0 Å². The number of hydrogen-bond donors (Lipinski definition) is 0. The van der Waals surface area contributed by atoms with Gasteiger partial charge in [0.2, 0.25) is 0 Å². The summed E-state index contributed by atoms with van der Waals surface area (Å²) in [5.41, 5.74) is 0.633. The summed E-state index contributed by atoms with van der Waals surface area (Å²) in [5, 5.41) is 9.13. The Bertz CT molecular complexity index is 620. The van der Waals surface area contributed by atoms with Gasteiger partial charge < -0.3 is 9.47 Å². The molecule has 0 spiro atoms. The van der Waals surface area contributed by atoms with Crippen molar-refractivity contribution in [3.8, 4) is 17.6 Å². The van der Waals surface area contributed by atoms with Crippen LogP contribution in [0.1, 0.15) is 5.56 Å². The van der Waals surface area contributed by atoms with Gasteiger partial charge in [-0.2, -0.15) is 5.26 Å². The van der Waals surface area contributed by atoms with Gasteiger partial charge in [0, 0.05) is 9.79 Å². The molecule has 0 saturated heterocycles. The topological polar surface area (TPSA) is 42.2 Å². The molecule has 0 amide bonds. The van der Waals surface area contributed by atoms with E-state index in [-0.39, 0.29) is 0 Å². The highest BCUT2D eigenvalue weighted by Gasteiger charge is 2.07. The van der Waals surface area contributed by atoms with Crippen molar-refractivity contribution < 1.29 is 9.47 Å². The van der Waals surface area contributed by atoms with Crippen molar-refractivity contribution >= 4 is 11.8 Å². The summed E-state index contributed by atoms with van der Waals surface area (Å²) in [6, 6.07) is 15.3. The lowest BCUT2D eigenvalue weighted by atomic mass is 10.2. The van der Waals surface area contributed by atoms with E-state index in [2.05, 4.69) is 6.07 Å². The summed E-state index contributed by atoms with van der Waals surface area (Å²) in [5.74, 6) is 1.54. The molecule has 0 heterocycles. The summed E-state index contributed by atoms with van der Waals surface area (Å²) in [4.78, 5) is 1.89. The molecular weight excluding hydrogens is 258 g/mol. The summed E-state index contributed by atoms with van der Waals surface area (Å²) >= 11 is 1.52. The maximum Gasteiger partial charge on any atom is 0.120 e. The molecular formula is C15H13NO2S. The summed E-state index contributed by atoms with van der Waals surface area (Å²) in [7, 11) is 3.25. The van der Waals surface area contributed by atoms with Gasteiger partial charge in [-0.05, 0) is 36.4 Å². The standard InChI is InChI=1S/C15H13NO2S/c1-17-12-4-3-5-14(8-12)19-15-9-13(18-2)7-6-11(15)10-16/h3-9H,1-2H3. The lowest BCUT2D eigenvalue weighted by molar-refractivity contribution is 0.413. The van der Waals surface area contributed by atoms with Crippen LogP contribution < -0.4 is 9.47 Å². The number of rotatable bonds is 4. The van der Waals surface area contributed by atoms with Gasteiger partial charge in [-0.1, -0.05) is 17.8 Å². The van der Waals surface area contributed by atoms with Crippen LogP contribution in [0.2, 0.25) is 0 Å². The molecule has 0 aliphatic carbocycles. The molecule has 19 heavy (non-hydrogen) atoms. The van der Waals surface area contributed by atoms with Crippen LogP contribution in [0.5, 0.6) is 11.5 Å². The van der Waals surface area contributed by atoms with E-state index >= 15 is 0 Å². The molecule has 0 aliphatic rings. The number of benzene rings is 2. The zero-order valence-electron chi connectivity index (χ0n) is 10.7. The zero-order valence-corrected chi connectivity index (χ0v) is 11.5. The Morgan fingerprint density at radius 1 is 1.00 bits per heavy atom. The highest BCUT2D eigenvalue weighted by molar-refractivity contribution is 7.99. The monoisotopic (exact) mass is 271 g/mol. The molecule has 96 valence electrons. The second-order valence-corrected chi connectivity index (χ2v) is 4.87. The fraction of sp³-hybridized carbons (Fsp3) is 0.133. The molecule has 0 radical (unpaired) electrons. The fourth-order valence-corrected chi connectivity index (χ4v) is 2.57. The minimum Gasteiger partial charge on any atom is -0.497 e. The number of nitriles is 1. The largest absolute Gasteiger partial charge is 0.497 e. The molecule has 0 bridgehead atoms. The van der Waals surface area contributed by atoms with Gasteiger partial charge in [0.05, 0.1) is 19.8 Å². The summed E-state index contributed by atoms with van der Waals surface area (Å²) < 4.78 is 10.4. The quantitative estimate of drug-likeness (QED) is 0.849. The maximum absolute atomic E-state index is 9.13. The fourth-order valence-electron chi connectivity index (χ4n) is 1.60. The number of methoxy groups -OCH3 is 2. The molecule has 0 atom stereocenters. The molecule has 0 N–H and O–H groups in total. The van der Waals surface area contributed by atoms with Crippen molar-refractivity contribution in [1.29, 1.82) is 5.26 Å². The molecule has 0 aromatic heterocycles. The van der Waals surface area contributed by atoms with Gasteiger partial charge in [-0.25, -0.2) is 0 Å². The number of ether oxygens (including phenoxy) is 2. The van der Waals surface area contributed by atoms with E-state index in [0.29, 0.717) is 5.56 Å². The third-order valence-corrected chi connectivity index (χ3v) is 3.63.